The van der Waals surface area contributed by atoms with Gasteiger partial charge in [0, 0.05) is 79.7 Å². The van der Waals surface area contributed by atoms with E-state index < -0.39 is 31.3 Å². The van der Waals surface area contributed by atoms with Crippen LogP contribution in [0.4, 0.5) is 17.1 Å². The van der Waals surface area contributed by atoms with Crippen LogP contribution in [0.2, 0.25) is 0 Å². The minimum Gasteiger partial charge on any atom is -0.379 e. The molecule has 2 amide bonds. The smallest absolute Gasteiger partial charge is 0.264 e. The molecule has 79 heavy (non-hydrogen) atoms. The predicted octanol–water partition coefficient (Wildman–Crippen LogP) is 6.75. The molecule has 3 N–H and O–H groups in total. The fourth-order valence-electron chi connectivity index (χ4n) is 11.3. The molecule has 5 heterocycles. The standard InChI is InChI=1S/C60H83N7O10S2/c1-59(2)51-17-13-14-18-53(51)64(6)55(59)19-11-9-8-10-12-20-56-60(3,4)52-47-50(26-27-54(52)65(56)32-16-46-78(70,71)72)79(73,74)63(5)31-15-21-57(68)61-30-41-76-43-45-77-44-42-75-40-29-58(69)62-49-24-22-48(23-25-49)28-33-67-37-34-66(7,35-38-67)36-39-67/h8-14,17-20,22-27,47H,15-16,21,28-46H2,1-7H3/p+3. The number of piperazine rings is 3. The van der Waals surface area contributed by atoms with Gasteiger partial charge in [-0.2, -0.15) is 13.0 Å². The number of fused-ring (bicyclic) bond motifs is 5. The summed E-state index contributed by atoms with van der Waals surface area (Å²) in [5.74, 6) is -0.721. The number of carbonyl (C=O) groups is 2. The lowest BCUT2D eigenvalue weighted by atomic mass is 9.81. The minimum atomic E-state index is -4.19. The van der Waals surface area contributed by atoms with Gasteiger partial charge in [0.15, 0.2) is 5.71 Å². The highest BCUT2D eigenvalue weighted by molar-refractivity contribution is 7.89. The second-order valence-corrected chi connectivity index (χ2v) is 26.4. The molecule has 0 spiro atoms. The summed E-state index contributed by atoms with van der Waals surface area (Å²) in [5, 5.41) is 5.77. The number of sulfonamides is 1. The summed E-state index contributed by atoms with van der Waals surface area (Å²) in [6, 6.07) is 21.6. The molecular formula is C60H86N7O10S2+3. The van der Waals surface area contributed by atoms with Crippen molar-refractivity contribution in [3.63, 3.8) is 0 Å². The summed E-state index contributed by atoms with van der Waals surface area (Å²) in [6.07, 6.45) is 15.7. The molecule has 0 unspecified atom stereocenters. The Hall–Kier alpha value is -5.35. The Bertz CT molecular complexity index is 2980. The fraction of sp³-hybridized carbons (Fsp3) is 0.517. The van der Waals surface area contributed by atoms with Gasteiger partial charge in [-0.15, -0.1) is 0 Å². The van der Waals surface area contributed by atoms with Crippen LogP contribution in [-0.4, -0.2) is 189 Å². The van der Waals surface area contributed by atoms with Crippen LogP contribution in [0.1, 0.15) is 70.1 Å². The highest BCUT2D eigenvalue weighted by atomic mass is 32.2. The third kappa shape index (κ3) is 16.2. The van der Waals surface area contributed by atoms with Crippen molar-refractivity contribution in [1.29, 1.82) is 0 Å². The van der Waals surface area contributed by atoms with Gasteiger partial charge in [-0.05, 0) is 74.2 Å². The molecule has 5 aliphatic heterocycles. The van der Waals surface area contributed by atoms with E-state index in [0.717, 1.165) is 29.1 Å². The van der Waals surface area contributed by atoms with Gasteiger partial charge in [-0.25, -0.2) is 12.7 Å². The number of quaternary nitrogens is 2. The van der Waals surface area contributed by atoms with E-state index >= 15 is 0 Å². The maximum Gasteiger partial charge on any atom is 0.264 e. The van der Waals surface area contributed by atoms with Crippen molar-refractivity contribution in [3.05, 3.63) is 132 Å². The number of rotatable bonds is 30. The van der Waals surface area contributed by atoms with Crippen molar-refractivity contribution in [3.8, 4) is 0 Å². The van der Waals surface area contributed by atoms with Crippen molar-refractivity contribution in [2.45, 2.75) is 75.5 Å². The fourth-order valence-corrected chi connectivity index (χ4v) is 13.0. The SMILES string of the molecule is CN(CCCC(=O)NCCOCCOCCOCCC(=O)Nc1ccc(CC[N+]23CC[N+](C)(CC2)CC3)cc1)S(=O)(=O)c1ccc2c(c1)C(C)(C)\C(=C/C=C/C=C/C=C/C1=[N+](C)c3ccccc3C1(C)C)N2CCCS(=O)(=O)O. The lowest BCUT2D eigenvalue weighted by molar-refractivity contribution is -1.07. The van der Waals surface area contributed by atoms with Crippen LogP contribution in [0.3, 0.4) is 0 Å². The molecule has 0 atom stereocenters. The third-order valence-corrected chi connectivity index (χ3v) is 19.0. The topological polar surface area (TPSA) is 184 Å². The summed E-state index contributed by atoms with van der Waals surface area (Å²) in [5.41, 5.74) is 7.33. The van der Waals surface area contributed by atoms with Crippen LogP contribution in [-0.2, 0) is 61.2 Å². The number of hydrogen-bond donors (Lipinski definition) is 3. The molecule has 3 fully saturated rings. The third-order valence-electron chi connectivity index (χ3n) is 16.4. The maximum atomic E-state index is 13.9. The number of likely N-dealkylation sites (N-methyl/N-ethyl adjacent to an activating group) is 1. The van der Waals surface area contributed by atoms with Crippen LogP contribution in [0.25, 0.3) is 0 Å². The molecule has 0 aromatic heterocycles. The Morgan fingerprint density at radius 3 is 2.09 bits per heavy atom. The van der Waals surface area contributed by atoms with Crippen LogP contribution in [0, 0.1) is 0 Å². The average molecular weight is 1130 g/mol. The normalized spacial score (nSPS) is 21.1. The number of benzene rings is 3. The molecule has 3 aromatic carbocycles. The Kier molecular flexibility index (Phi) is 20.9. The summed E-state index contributed by atoms with van der Waals surface area (Å²) in [4.78, 5) is 27.2. The van der Waals surface area contributed by atoms with E-state index in [4.69, 9.17) is 14.2 Å². The highest BCUT2D eigenvalue weighted by Gasteiger charge is 2.47. The van der Waals surface area contributed by atoms with Gasteiger partial charge in [-0.3, -0.25) is 14.1 Å². The average Bonchev–Trinajstić information content (AvgIpc) is 4.04. The second kappa shape index (κ2) is 26.9. The van der Waals surface area contributed by atoms with E-state index in [9.17, 15) is 31.0 Å². The van der Waals surface area contributed by atoms with E-state index in [2.05, 4.69) is 85.6 Å². The first-order chi connectivity index (χ1) is 37.5. The Balaban J connectivity index is 0.765. The molecule has 430 valence electrons. The Morgan fingerprint density at radius 1 is 0.759 bits per heavy atom. The van der Waals surface area contributed by atoms with Crippen molar-refractivity contribution < 1.29 is 58.7 Å². The Labute approximate surface area is 470 Å². The number of nitrogens with one attached hydrogen (secondary N) is 2. The number of anilines is 2. The summed E-state index contributed by atoms with van der Waals surface area (Å²) >= 11 is 0. The number of hydrogen-bond acceptors (Lipinski definition) is 10. The highest BCUT2D eigenvalue weighted by Crippen LogP contribution is 2.49. The lowest BCUT2D eigenvalue weighted by Gasteiger charge is -2.54. The van der Waals surface area contributed by atoms with E-state index in [1.807, 2.05) is 67.3 Å². The first-order valence-electron chi connectivity index (χ1n) is 27.9. The number of para-hydroxylation sites is 1. The van der Waals surface area contributed by atoms with Crippen molar-refractivity contribution in [2.24, 2.45) is 0 Å². The van der Waals surface area contributed by atoms with Gasteiger partial charge in [0.05, 0.1) is 75.7 Å². The second-order valence-electron chi connectivity index (χ2n) is 22.8. The maximum absolute atomic E-state index is 13.9. The summed E-state index contributed by atoms with van der Waals surface area (Å²) in [7, 11) is -2.16. The number of allylic oxidation sites excluding steroid dienone is 8. The first kappa shape index (κ1) is 61.3. The van der Waals surface area contributed by atoms with Crippen LogP contribution in [0.5, 0.6) is 0 Å². The van der Waals surface area contributed by atoms with E-state index in [0.29, 0.717) is 39.4 Å². The molecular weight excluding hydrogens is 1040 g/mol. The summed E-state index contributed by atoms with van der Waals surface area (Å²) in [6.45, 7) is 20.0. The minimum absolute atomic E-state index is 0.0960. The summed E-state index contributed by atoms with van der Waals surface area (Å²) < 4.78 is 83.4. The molecule has 3 saturated heterocycles. The molecule has 5 aliphatic rings. The number of nitrogens with zero attached hydrogens (tertiary/aromatic N) is 5. The molecule has 3 aromatic rings. The number of amides is 2. The first-order valence-corrected chi connectivity index (χ1v) is 30.9. The molecule has 2 bridgehead atoms. The molecule has 0 aliphatic carbocycles. The monoisotopic (exact) mass is 1130 g/mol. The van der Waals surface area contributed by atoms with E-state index in [1.54, 1.807) is 18.2 Å². The van der Waals surface area contributed by atoms with Crippen molar-refractivity contribution in [1.82, 2.24) is 9.62 Å². The van der Waals surface area contributed by atoms with Gasteiger partial charge in [0.1, 0.15) is 46.3 Å². The lowest BCUT2D eigenvalue weighted by Crippen LogP contribution is -2.73. The quantitative estimate of drug-likeness (QED) is 0.0211. The van der Waals surface area contributed by atoms with E-state index in [-0.39, 0.29) is 67.7 Å². The van der Waals surface area contributed by atoms with Gasteiger partial charge >= 0.3 is 0 Å². The van der Waals surface area contributed by atoms with Crippen molar-refractivity contribution >= 4 is 54.7 Å². The molecule has 0 saturated carbocycles. The number of carbonyl (C=O) groups excluding carboxylic acids is 2. The predicted molar refractivity (Wildman–Crippen MR) is 312 cm³/mol. The van der Waals surface area contributed by atoms with Crippen molar-refractivity contribution in [2.75, 3.05) is 142 Å². The zero-order valence-corrected chi connectivity index (χ0v) is 49.3. The zero-order chi connectivity index (χ0) is 56.9. The van der Waals surface area contributed by atoms with E-state index in [1.165, 1.54) is 88.7 Å². The van der Waals surface area contributed by atoms with Gasteiger partial charge < -0.3 is 38.7 Å². The van der Waals surface area contributed by atoms with Crippen LogP contribution < -0.4 is 15.5 Å². The molecule has 8 rings (SSSR count). The van der Waals surface area contributed by atoms with Gasteiger partial charge in [0.25, 0.3) is 10.1 Å². The number of ether oxygens (including phenoxy) is 3. The van der Waals surface area contributed by atoms with Crippen LogP contribution >= 0.6 is 0 Å². The zero-order valence-electron chi connectivity index (χ0n) is 47.6. The largest absolute Gasteiger partial charge is 0.379 e. The van der Waals surface area contributed by atoms with Crippen LogP contribution in [0.15, 0.2) is 120 Å². The molecule has 19 heteroatoms. The Morgan fingerprint density at radius 2 is 1.41 bits per heavy atom. The molecule has 0 radical (unpaired) electrons. The van der Waals surface area contributed by atoms with Gasteiger partial charge in [-0.1, -0.05) is 74.6 Å². The van der Waals surface area contributed by atoms with Gasteiger partial charge in [0.2, 0.25) is 27.5 Å². The molecule has 17 nitrogen and oxygen atoms in total.